The van der Waals surface area contributed by atoms with Crippen LogP contribution in [0.5, 0.6) is 0 Å². The van der Waals surface area contributed by atoms with Gasteiger partial charge in [0, 0.05) is 22.2 Å². The smallest absolute Gasteiger partial charge is 0.0669 e. The standard InChI is InChI=1S/C8H7Cl2NS/c9-5-3-6(10)8-7(4-5)12-2-1-11-8/h3-4,11H,1-2H2. The molecule has 1 aromatic carbocycles. The molecule has 0 saturated heterocycles. The van der Waals surface area contributed by atoms with Crippen molar-refractivity contribution in [1.82, 2.24) is 0 Å². The van der Waals surface area contributed by atoms with Crippen molar-refractivity contribution in [3.8, 4) is 0 Å². The molecule has 1 heterocycles. The van der Waals surface area contributed by atoms with Crippen molar-refractivity contribution in [3.63, 3.8) is 0 Å². The topological polar surface area (TPSA) is 12.0 Å². The van der Waals surface area contributed by atoms with Gasteiger partial charge in [-0.15, -0.1) is 11.8 Å². The molecule has 0 spiro atoms. The highest BCUT2D eigenvalue weighted by Crippen LogP contribution is 2.38. The fourth-order valence-corrected chi connectivity index (χ4v) is 2.81. The molecular formula is C8H7Cl2NS. The van der Waals surface area contributed by atoms with Gasteiger partial charge in [-0.05, 0) is 12.1 Å². The lowest BCUT2D eigenvalue weighted by atomic mass is 10.3. The highest BCUT2D eigenvalue weighted by atomic mass is 35.5. The van der Waals surface area contributed by atoms with E-state index in [0.717, 1.165) is 22.9 Å². The Kier molecular flexibility index (Phi) is 2.40. The van der Waals surface area contributed by atoms with E-state index in [0.29, 0.717) is 10.0 Å². The third-order valence-electron chi connectivity index (χ3n) is 1.68. The summed E-state index contributed by atoms with van der Waals surface area (Å²) in [6, 6.07) is 3.71. The molecule has 0 radical (unpaired) electrons. The second-order valence-electron chi connectivity index (χ2n) is 2.54. The summed E-state index contributed by atoms with van der Waals surface area (Å²) in [6.45, 7) is 0.971. The second-order valence-corrected chi connectivity index (χ2v) is 4.52. The number of anilines is 1. The van der Waals surface area contributed by atoms with Crippen molar-refractivity contribution < 1.29 is 0 Å². The van der Waals surface area contributed by atoms with Gasteiger partial charge in [0.15, 0.2) is 0 Å². The predicted molar refractivity (Wildman–Crippen MR) is 55.7 cm³/mol. The van der Waals surface area contributed by atoms with E-state index < -0.39 is 0 Å². The van der Waals surface area contributed by atoms with Crippen molar-refractivity contribution >= 4 is 40.7 Å². The van der Waals surface area contributed by atoms with Crippen LogP contribution in [-0.4, -0.2) is 12.3 Å². The van der Waals surface area contributed by atoms with E-state index in [9.17, 15) is 0 Å². The van der Waals surface area contributed by atoms with Gasteiger partial charge in [0.05, 0.1) is 10.7 Å². The first-order valence-corrected chi connectivity index (χ1v) is 5.37. The summed E-state index contributed by atoms with van der Waals surface area (Å²) < 4.78 is 0. The summed E-state index contributed by atoms with van der Waals surface area (Å²) >= 11 is 13.6. The van der Waals surface area contributed by atoms with Gasteiger partial charge in [0.25, 0.3) is 0 Å². The number of thioether (sulfide) groups is 1. The van der Waals surface area contributed by atoms with Crippen LogP contribution in [0.4, 0.5) is 5.69 Å². The SMILES string of the molecule is Clc1cc(Cl)c2c(c1)SCCN2. The van der Waals surface area contributed by atoms with Gasteiger partial charge in [-0.3, -0.25) is 0 Å². The molecule has 2 rings (SSSR count). The van der Waals surface area contributed by atoms with E-state index in [1.807, 2.05) is 6.07 Å². The number of fused-ring (bicyclic) bond motifs is 1. The summed E-state index contributed by atoms with van der Waals surface area (Å²) in [5, 5.41) is 4.66. The van der Waals surface area contributed by atoms with Crippen LogP contribution in [-0.2, 0) is 0 Å². The number of hydrogen-bond acceptors (Lipinski definition) is 2. The first-order chi connectivity index (χ1) is 5.77. The van der Waals surface area contributed by atoms with E-state index in [1.54, 1.807) is 17.8 Å². The number of nitrogens with one attached hydrogen (secondary N) is 1. The van der Waals surface area contributed by atoms with E-state index in [-0.39, 0.29) is 0 Å². The summed E-state index contributed by atoms with van der Waals surface area (Å²) in [5.41, 5.74) is 1.03. The average Bonchev–Trinajstić information content (AvgIpc) is 2.04. The molecule has 0 amide bonds. The van der Waals surface area contributed by atoms with Crippen LogP contribution in [0.3, 0.4) is 0 Å². The van der Waals surface area contributed by atoms with Gasteiger partial charge in [-0.1, -0.05) is 23.2 Å². The molecule has 12 heavy (non-hydrogen) atoms. The van der Waals surface area contributed by atoms with Gasteiger partial charge in [-0.25, -0.2) is 0 Å². The maximum atomic E-state index is 5.99. The van der Waals surface area contributed by atoms with Crippen LogP contribution in [0.1, 0.15) is 0 Å². The van der Waals surface area contributed by atoms with Crippen molar-refractivity contribution in [2.75, 3.05) is 17.6 Å². The molecule has 0 fully saturated rings. The highest BCUT2D eigenvalue weighted by Gasteiger charge is 2.12. The Morgan fingerprint density at radius 1 is 1.33 bits per heavy atom. The van der Waals surface area contributed by atoms with E-state index in [4.69, 9.17) is 23.2 Å². The Morgan fingerprint density at radius 3 is 3.00 bits per heavy atom. The Bertz CT molecular complexity index is 314. The average molecular weight is 220 g/mol. The first kappa shape index (κ1) is 8.54. The molecule has 0 aliphatic carbocycles. The summed E-state index contributed by atoms with van der Waals surface area (Å²) in [6.07, 6.45) is 0. The molecule has 0 unspecified atom stereocenters. The highest BCUT2D eigenvalue weighted by molar-refractivity contribution is 7.99. The lowest BCUT2D eigenvalue weighted by molar-refractivity contribution is 1.17. The van der Waals surface area contributed by atoms with E-state index >= 15 is 0 Å². The van der Waals surface area contributed by atoms with Crippen LogP contribution >= 0.6 is 35.0 Å². The maximum Gasteiger partial charge on any atom is 0.0669 e. The lowest BCUT2D eigenvalue weighted by Gasteiger charge is -2.18. The van der Waals surface area contributed by atoms with Crippen molar-refractivity contribution in [2.24, 2.45) is 0 Å². The maximum absolute atomic E-state index is 5.99. The summed E-state index contributed by atoms with van der Waals surface area (Å²) in [7, 11) is 0. The van der Waals surface area contributed by atoms with Crippen LogP contribution in [0.2, 0.25) is 10.0 Å². The normalized spacial score (nSPS) is 15.2. The van der Waals surface area contributed by atoms with Crippen LogP contribution in [0.15, 0.2) is 17.0 Å². The van der Waals surface area contributed by atoms with Crippen LogP contribution in [0.25, 0.3) is 0 Å². The molecule has 1 aliphatic rings. The molecule has 1 aromatic rings. The largest absolute Gasteiger partial charge is 0.382 e. The minimum atomic E-state index is 0.704. The quantitative estimate of drug-likeness (QED) is 0.717. The summed E-state index contributed by atoms with van der Waals surface area (Å²) in [5.74, 6) is 1.07. The van der Waals surface area contributed by atoms with Crippen molar-refractivity contribution in [2.45, 2.75) is 4.90 Å². The predicted octanol–water partition coefficient (Wildman–Crippen LogP) is 3.51. The zero-order valence-corrected chi connectivity index (χ0v) is 8.56. The summed E-state index contributed by atoms with van der Waals surface area (Å²) in [4.78, 5) is 1.15. The van der Waals surface area contributed by atoms with Gasteiger partial charge in [-0.2, -0.15) is 0 Å². The molecule has 0 saturated carbocycles. The van der Waals surface area contributed by atoms with E-state index in [1.165, 1.54) is 0 Å². The van der Waals surface area contributed by atoms with Crippen LogP contribution < -0.4 is 5.32 Å². The minimum absolute atomic E-state index is 0.704. The van der Waals surface area contributed by atoms with Gasteiger partial charge >= 0.3 is 0 Å². The van der Waals surface area contributed by atoms with Gasteiger partial charge < -0.3 is 5.32 Å². The Balaban J connectivity index is 2.53. The molecule has 0 aromatic heterocycles. The Morgan fingerprint density at radius 2 is 2.17 bits per heavy atom. The lowest BCUT2D eigenvalue weighted by Crippen LogP contribution is -2.10. The Labute approximate surface area is 85.4 Å². The number of benzene rings is 1. The molecule has 1 aliphatic heterocycles. The first-order valence-electron chi connectivity index (χ1n) is 3.63. The third kappa shape index (κ3) is 1.51. The van der Waals surface area contributed by atoms with Crippen molar-refractivity contribution in [3.05, 3.63) is 22.2 Å². The molecule has 1 nitrogen and oxygen atoms in total. The molecular weight excluding hydrogens is 213 g/mol. The monoisotopic (exact) mass is 219 g/mol. The number of halogens is 2. The fourth-order valence-electron chi connectivity index (χ4n) is 1.17. The van der Waals surface area contributed by atoms with Crippen molar-refractivity contribution in [1.29, 1.82) is 0 Å². The van der Waals surface area contributed by atoms with Gasteiger partial charge in [0.1, 0.15) is 0 Å². The molecule has 0 atom stereocenters. The van der Waals surface area contributed by atoms with Crippen LogP contribution in [0, 0.1) is 0 Å². The van der Waals surface area contributed by atoms with E-state index in [2.05, 4.69) is 5.32 Å². The Hall–Kier alpha value is -0.0500. The zero-order chi connectivity index (χ0) is 8.55. The fraction of sp³-hybridized carbons (Fsp3) is 0.250. The molecule has 4 heteroatoms. The molecule has 64 valence electrons. The molecule has 1 N–H and O–H groups in total. The third-order valence-corrected chi connectivity index (χ3v) is 3.24. The zero-order valence-electron chi connectivity index (χ0n) is 6.23. The number of rotatable bonds is 0. The van der Waals surface area contributed by atoms with Gasteiger partial charge in [0.2, 0.25) is 0 Å². The number of hydrogen-bond donors (Lipinski definition) is 1. The molecule has 0 bridgehead atoms. The minimum Gasteiger partial charge on any atom is -0.382 e. The second kappa shape index (κ2) is 3.36.